The third-order valence-corrected chi connectivity index (χ3v) is 5.00. The summed E-state index contributed by atoms with van der Waals surface area (Å²) in [4.78, 5) is 0.295. The van der Waals surface area contributed by atoms with E-state index in [4.69, 9.17) is 0 Å². The van der Waals surface area contributed by atoms with Crippen molar-refractivity contribution in [2.24, 2.45) is 0 Å². The lowest BCUT2D eigenvalue weighted by molar-refractivity contribution is 0.578. The Morgan fingerprint density at radius 2 is 2.00 bits per heavy atom. The lowest BCUT2D eigenvalue weighted by atomic mass is 10.2. The molecule has 0 atom stereocenters. The van der Waals surface area contributed by atoms with Crippen LogP contribution in [0.15, 0.2) is 27.6 Å². The van der Waals surface area contributed by atoms with E-state index in [9.17, 15) is 8.42 Å². The summed E-state index contributed by atoms with van der Waals surface area (Å²) in [5.41, 5.74) is 0.953. The Kier molecular flexibility index (Phi) is 6.46. The van der Waals surface area contributed by atoms with Crippen molar-refractivity contribution in [3.05, 3.63) is 28.2 Å². The summed E-state index contributed by atoms with van der Waals surface area (Å²) in [6.45, 7) is 7.14. The maximum absolute atomic E-state index is 12.1. The van der Waals surface area contributed by atoms with Gasteiger partial charge < -0.3 is 5.32 Å². The highest BCUT2D eigenvalue weighted by molar-refractivity contribution is 9.10. The number of halogens is 1. The Balaban J connectivity index is 2.96. The van der Waals surface area contributed by atoms with E-state index in [-0.39, 0.29) is 0 Å². The summed E-state index contributed by atoms with van der Waals surface area (Å²) < 4.78 is 27.4. The molecule has 1 aromatic rings. The summed E-state index contributed by atoms with van der Waals surface area (Å²) >= 11 is 3.30. The van der Waals surface area contributed by atoms with E-state index >= 15 is 0 Å². The average molecular weight is 349 g/mol. The molecule has 4 nitrogen and oxygen atoms in total. The molecule has 0 radical (unpaired) electrons. The fourth-order valence-corrected chi connectivity index (χ4v) is 3.65. The van der Waals surface area contributed by atoms with Crippen LogP contribution in [0.5, 0.6) is 0 Å². The number of sulfonamides is 1. The van der Waals surface area contributed by atoms with E-state index in [1.807, 2.05) is 13.0 Å². The zero-order valence-corrected chi connectivity index (χ0v) is 13.9. The number of hydrogen-bond acceptors (Lipinski definition) is 3. The van der Waals surface area contributed by atoms with Gasteiger partial charge in [-0.1, -0.05) is 26.8 Å². The molecule has 0 amide bonds. The lowest BCUT2D eigenvalue weighted by Crippen LogP contribution is -2.25. The van der Waals surface area contributed by atoms with Gasteiger partial charge in [-0.3, -0.25) is 0 Å². The summed E-state index contributed by atoms with van der Waals surface area (Å²) in [5.74, 6) is 0. The molecule has 0 unspecified atom stereocenters. The maximum Gasteiger partial charge on any atom is 0.241 e. The van der Waals surface area contributed by atoms with E-state index in [1.54, 1.807) is 12.1 Å². The highest BCUT2D eigenvalue weighted by atomic mass is 79.9. The number of nitrogens with one attached hydrogen (secondary N) is 2. The summed E-state index contributed by atoms with van der Waals surface area (Å²) in [5, 5.41) is 3.27. The van der Waals surface area contributed by atoms with Gasteiger partial charge in [-0.15, -0.1) is 0 Å². The molecular formula is C13H21BrN2O2S. The van der Waals surface area contributed by atoms with Crippen molar-refractivity contribution in [1.29, 1.82) is 0 Å². The zero-order valence-electron chi connectivity index (χ0n) is 11.5. The number of benzene rings is 1. The minimum Gasteiger partial charge on any atom is -0.310 e. The largest absolute Gasteiger partial charge is 0.310 e. The van der Waals surface area contributed by atoms with Crippen LogP contribution in [0.25, 0.3) is 0 Å². The van der Waals surface area contributed by atoms with Crippen molar-refractivity contribution in [3.63, 3.8) is 0 Å². The van der Waals surface area contributed by atoms with Gasteiger partial charge in [-0.2, -0.15) is 0 Å². The first-order chi connectivity index (χ1) is 8.86. The standard InChI is InChI=1S/C13H21BrN2O2S/c1-4-7-16-19(17,18)13-8-11(5-6-12(13)14)9-15-10(2)3/h5-6,8,10,15-16H,4,7,9H2,1-3H3. The fraction of sp³-hybridized carbons (Fsp3) is 0.538. The van der Waals surface area contributed by atoms with Gasteiger partial charge in [0.05, 0.1) is 4.90 Å². The quantitative estimate of drug-likeness (QED) is 0.796. The molecular weight excluding hydrogens is 328 g/mol. The Morgan fingerprint density at radius 3 is 2.58 bits per heavy atom. The van der Waals surface area contributed by atoms with Crippen LogP contribution in [-0.4, -0.2) is 21.0 Å². The van der Waals surface area contributed by atoms with Gasteiger partial charge in [-0.25, -0.2) is 13.1 Å². The van der Waals surface area contributed by atoms with Gasteiger partial charge in [0.25, 0.3) is 0 Å². The molecule has 0 bridgehead atoms. The molecule has 6 heteroatoms. The highest BCUT2D eigenvalue weighted by Crippen LogP contribution is 2.23. The van der Waals surface area contributed by atoms with Crippen LogP contribution in [0, 0.1) is 0 Å². The second-order valence-electron chi connectivity index (χ2n) is 4.70. The van der Waals surface area contributed by atoms with Crippen LogP contribution in [0.2, 0.25) is 0 Å². The van der Waals surface area contributed by atoms with Gasteiger partial charge in [0.1, 0.15) is 0 Å². The van der Waals surface area contributed by atoms with Crippen LogP contribution >= 0.6 is 15.9 Å². The minimum absolute atomic E-state index is 0.295. The van der Waals surface area contributed by atoms with Crippen LogP contribution in [-0.2, 0) is 16.6 Å². The highest BCUT2D eigenvalue weighted by Gasteiger charge is 2.17. The SMILES string of the molecule is CCCNS(=O)(=O)c1cc(CNC(C)C)ccc1Br. The van der Waals surface area contributed by atoms with Crippen LogP contribution in [0.3, 0.4) is 0 Å². The van der Waals surface area contributed by atoms with Gasteiger partial charge in [-0.05, 0) is 40.0 Å². The van der Waals surface area contributed by atoms with Crippen molar-refractivity contribution in [2.75, 3.05) is 6.54 Å². The Morgan fingerprint density at radius 1 is 1.32 bits per heavy atom. The molecule has 2 N–H and O–H groups in total. The van der Waals surface area contributed by atoms with E-state index in [0.717, 1.165) is 12.0 Å². The third kappa shape index (κ3) is 5.22. The average Bonchev–Trinajstić information content (AvgIpc) is 2.35. The molecule has 0 aliphatic rings. The van der Waals surface area contributed by atoms with Crippen LogP contribution < -0.4 is 10.0 Å². The van der Waals surface area contributed by atoms with Crippen LogP contribution in [0.4, 0.5) is 0 Å². The molecule has 0 aromatic heterocycles. The van der Waals surface area contributed by atoms with Gasteiger partial charge in [0.15, 0.2) is 0 Å². The van der Waals surface area contributed by atoms with Crippen LogP contribution in [0.1, 0.15) is 32.8 Å². The second kappa shape index (κ2) is 7.38. The normalized spacial score (nSPS) is 12.1. The molecule has 19 heavy (non-hydrogen) atoms. The Labute approximate surface area is 124 Å². The zero-order chi connectivity index (χ0) is 14.5. The molecule has 0 spiro atoms. The fourth-order valence-electron chi connectivity index (χ4n) is 1.50. The minimum atomic E-state index is -3.44. The first kappa shape index (κ1) is 16.6. The Hall–Kier alpha value is -0.430. The van der Waals surface area contributed by atoms with E-state index < -0.39 is 10.0 Å². The number of rotatable bonds is 7. The molecule has 0 saturated carbocycles. The van der Waals surface area contributed by atoms with Gasteiger partial charge >= 0.3 is 0 Å². The first-order valence-corrected chi connectivity index (χ1v) is 8.66. The van der Waals surface area contributed by atoms with Crippen molar-refractivity contribution >= 4 is 26.0 Å². The third-order valence-electron chi connectivity index (χ3n) is 2.54. The molecule has 0 aliphatic carbocycles. The van der Waals surface area contributed by atoms with Crippen molar-refractivity contribution < 1.29 is 8.42 Å². The molecule has 0 fully saturated rings. The Bertz CT molecular complexity index is 515. The first-order valence-electron chi connectivity index (χ1n) is 6.38. The molecule has 1 rings (SSSR count). The second-order valence-corrected chi connectivity index (χ2v) is 7.29. The van der Waals surface area contributed by atoms with Crippen molar-refractivity contribution in [1.82, 2.24) is 10.0 Å². The van der Waals surface area contributed by atoms with Crippen molar-refractivity contribution in [3.8, 4) is 0 Å². The van der Waals surface area contributed by atoms with E-state index in [0.29, 0.717) is 28.5 Å². The molecule has 0 aliphatic heterocycles. The summed E-state index contributed by atoms with van der Waals surface area (Å²) in [6.07, 6.45) is 0.769. The topological polar surface area (TPSA) is 58.2 Å². The lowest BCUT2D eigenvalue weighted by Gasteiger charge is -2.12. The monoisotopic (exact) mass is 348 g/mol. The smallest absolute Gasteiger partial charge is 0.241 e. The van der Waals surface area contributed by atoms with Gasteiger partial charge in [0.2, 0.25) is 10.0 Å². The number of hydrogen-bond donors (Lipinski definition) is 2. The van der Waals surface area contributed by atoms with Gasteiger partial charge in [0, 0.05) is 23.6 Å². The molecule has 108 valence electrons. The summed E-state index contributed by atoms with van der Waals surface area (Å²) in [7, 11) is -3.44. The summed E-state index contributed by atoms with van der Waals surface area (Å²) in [6, 6.07) is 5.76. The molecule has 0 heterocycles. The maximum atomic E-state index is 12.1. The van der Waals surface area contributed by atoms with E-state index in [1.165, 1.54) is 0 Å². The van der Waals surface area contributed by atoms with E-state index in [2.05, 4.69) is 39.8 Å². The molecule has 0 saturated heterocycles. The predicted octanol–water partition coefficient (Wildman–Crippen LogP) is 2.64. The predicted molar refractivity (Wildman–Crippen MR) is 81.6 cm³/mol. The van der Waals surface area contributed by atoms with Crippen molar-refractivity contribution in [2.45, 2.75) is 44.7 Å². The molecule has 1 aromatic carbocycles.